The number of nitrogens with one attached hydrogen (secondary N) is 1. The lowest BCUT2D eigenvalue weighted by molar-refractivity contribution is -0.147. The molecule has 0 aromatic carbocycles. The number of hydrogen-bond donors (Lipinski definition) is 1. The molecular formula is C15H23ClN4O. The van der Waals surface area contributed by atoms with Gasteiger partial charge in [0.15, 0.2) is 0 Å². The van der Waals surface area contributed by atoms with Gasteiger partial charge in [0.1, 0.15) is 5.82 Å². The highest BCUT2D eigenvalue weighted by Crippen LogP contribution is 2.26. The first kappa shape index (κ1) is 16.0. The molecule has 1 N–H and O–H groups in total. The standard InChI is InChI=1S/C15H23ClN4O/c1-5-17-13-7-6-11(16)12(18-13)10-20-9-8-19(4)14(21)15(20,2)3/h6-7H,5,8-10H2,1-4H3,(H,17,18). The molecule has 0 saturated carbocycles. The molecular weight excluding hydrogens is 288 g/mol. The van der Waals surface area contributed by atoms with E-state index in [1.54, 1.807) is 4.90 Å². The number of halogens is 1. The average molecular weight is 311 g/mol. The highest BCUT2D eigenvalue weighted by Gasteiger charge is 2.40. The Bertz CT molecular complexity index is 532. The molecule has 0 bridgehead atoms. The Kier molecular flexibility index (Phi) is 4.74. The molecule has 0 atom stereocenters. The van der Waals surface area contributed by atoms with Gasteiger partial charge < -0.3 is 10.2 Å². The summed E-state index contributed by atoms with van der Waals surface area (Å²) in [6.45, 7) is 8.86. The zero-order chi connectivity index (χ0) is 15.6. The van der Waals surface area contributed by atoms with Crippen LogP contribution in [0.4, 0.5) is 5.82 Å². The molecule has 116 valence electrons. The maximum atomic E-state index is 12.3. The van der Waals surface area contributed by atoms with Gasteiger partial charge >= 0.3 is 0 Å². The summed E-state index contributed by atoms with van der Waals surface area (Å²) in [4.78, 5) is 20.8. The second-order valence-corrected chi connectivity index (χ2v) is 6.27. The number of likely N-dealkylation sites (N-methyl/N-ethyl adjacent to an activating group) is 1. The van der Waals surface area contributed by atoms with E-state index in [-0.39, 0.29) is 5.91 Å². The van der Waals surface area contributed by atoms with Gasteiger partial charge in [-0.15, -0.1) is 0 Å². The molecule has 1 fully saturated rings. The van der Waals surface area contributed by atoms with Gasteiger partial charge in [-0.1, -0.05) is 11.6 Å². The van der Waals surface area contributed by atoms with Crippen molar-refractivity contribution in [3.05, 3.63) is 22.8 Å². The smallest absolute Gasteiger partial charge is 0.242 e. The summed E-state index contributed by atoms with van der Waals surface area (Å²) in [6.07, 6.45) is 0. The molecule has 1 aromatic heterocycles. The Morgan fingerprint density at radius 1 is 1.38 bits per heavy atom. The van der Waals surface area contributed by atoms with Crippen molar-refractivity contribution in [2.75, 3.05) is 32.0 Å². The van der Waals surface area contributed by atoms with Crippen LogP contribution in [0.5, 0.6) is 0 Å². The number of rotatable bonds is 4. The van der Waals surface area contributed by atoms with E-state index in [1.807, 2.05) is 40.0 Å². The molecule has 1 aromatic rings. The summed E-state index contributed by atoms with van der Waals surface area (Å²) in [5.41, 5.74) is 0.271. The van der Waals surface area contributed by atoms with Crippen LogP contribution in [-0.2, 0) is 11.3 Å². The Hall–Kier alpha value is -1.33. The van der Waals surface area contributed by atoms with Crippen molar-refractivity contribution in [2.24, 2.45) is 0 Å². The predicted octanol–water partition coefficient (Wildman–Crippen LogP) is 2.22. The summed E-state index contributed by atoms with van der Waals surface area (Å²) >= 11 is 6.26. The van der Waals surface area contributed by atoms with Crippen molar-refractivity contribution in [1.82, 2.24) is 14.8 Å². The van der Waals surface area contributed by atoms with Crippen molar-refractivity contribution in [3.8, 4) is 0 Å². The largest absolute Gasteiger partial charge is 0.370 e. The van der Waals surface area contributed by atoms with Crippen LogP contribution >= 0.6 is 11.6 Å². The first-order chi connectivity index (χ1) is 9.86. The minimum absolute atomic E-state index is 0.132. The van der Waals surface area contributed by atoms with Crippen molar-refractivity contribution in [2.45, 2.75) is 32.9 Å². The van der Waals surface area contributed by atoms with E-state index in [4.69, 9.17) is 11.6 Å². The highest BCUT2D eigenvalue weighted by atomic mass is 35.5. The number of piperazine rings is 1. The summed E-state index contributed by atoms with van der Waals surface area (Å²) in [5.74, 6) is 0.947. The monoisotopic (exact) mass is 310 g/mol. The van der Waals surface area contributed by atoms with Crippen LogP contribution in [0.1, 0.15) is 26.5 Å². The Morgan fingerprint density at radius 2 is 2.10 bits per heavy atom. The van der Waals surface area contributed by atoms with E-state index in [0.717, 1.165) is 31.1 Å². The first-order valence-electron chi connectivity index (χ1n) is 7.26. The topological polar surface area (TPSA) is 48.5 Å². The Morgan fingerprint density at radius 3 is 2.76 bits per heavy atom. The predicted molar refractivity (Wildman–Crippen MR) is 85.5 cm³/mol. The fourth-order valence-electron chi connectivity index (χ4n) is 2.59. The molecule has 0 unspecified atom stereocenters. The summed E-state index contributed by atoms with van der Waals surface area (Å²) < 4.78 is 0. The van der Waals surface area contributed by atoms with Gasteiger partial charge in [-0.25, -0.2) is 4.98 Å². The van der Waals surface area contributed by atoms with E-state index in [0.29, 0.717) is 11.6 Å². The van der Waals surface area contributed by atoms with Gasteiger partial charge in [0.2, 0.25) is 5.91 Å². The van der Waals surface area contributed by atoms with Gasteiger partial charge in [0.25, 0.3) is 0 Å². The molecule has 0 spiro atoms. The van der Waals surface area contributed by atoms with Crippen LogP contribution in [0, 0.1) is 0 Å². The van der Waals surface area contributed by atoms with Crippen LogP contribution in [0.2, 0.25) is 5.02 Å². The van der Waals surface area contributed by atoms with Crippen LogP contribution in [0.15, 0.2) is 12.1 Å². The molecule has 1 aliphatic rings. The number of hydrogen-bond acceptors (Lipinski definition) is 4. The van der Waals surface area contributed by atoms with Gasteiger partial charge in [-0.05, 0) is 32.9 Å². The van der Waals surface area contributed by atoms with Crippen LogP contribution in [-0.4, -0.2) is 52.9 Å². The second kappa shape index (κ2) is 6.20. The Labute approximate surface area is 131 Å². The quantitative estimate of drug-likeness (QED) is 0.926. The summed E-state index contributed by atoms with van der Waals surface area (Å²) in [6, 6.07) is 3.72. The molecule has 0 radical (unpaired) electrons. The molecule has 6 heteroatoms. The number of amides is 1. The average Bonchev–Trinajstić information content (AvgIpc) is 2.44. The lowest BCUT2D eigenvalue weighted by Crippen LogP contribution is -2.61. The number of nitrogens with zero attached hydrogens (tertiary/aromatic N) is 3. The van der Waals surface area contributed by atoms with E-state index < -0.39 is 5.54 Å². The number of carbonyl (C=O) groups excluding carboxylic acids is 1. The van der Waals surface area contributed by atoms with Gasteiger partial charge in [-0.3, -0.25) is 9.69 Å². The second-order valence-electron chi connectivity index (χ2n) is 5.86. The molecule has 1 saturated heterocycles. The maximum absolute atomic E-state index is 12.3. The molecule has 1 aliphatic heterocycles. The van der Waals surface area contributed by atoms with Crippen molar-refractivity contribution >= 4 is 23.3 Å². The van der Waals surface area contributed by atoms with E-state index >= 15 is 0 Å². The Balaban J connectivity index is 2.21. The number of aromatic nitrogens is 1. The zero-order valence-electron chi connectivity index (χ0n) is 13.1. The molecule has 1 amide bonds. The maximum Gasteiger partial charge on any atom is 0.242 e. The number of anilines is 1. The van der Waals surface area contributed by atoms with E-state index in [1.165, 1.54) is 0 Å². The SMILES string of the molecule is CCNc1ccc(Cl)c(CN2CCN(C)C(=O)C2(C)C)n1. The normalized spacial score (nSPS) is 18.9. The first-order valence-corrected chi connectivity index (χ1v) is 7.64. The van der Waals surface area contributed by atoms with Gasteiger partial charge in [0, 0.05) is 33.2 Å². The minimum atomic E-state index is -0.536. The lowest BCUT2D eigenvalue weighted by Gasteiger charge is -2.44. The third-order valence-corrected chi connectivity index (χ3v) is 4.33. The van der Waals surface area contributed by atoms with E-state index in [2.05, 4.69) is 15.2 Å². The van der Waals surface area contributed by atoms with Crippen molar-refractivity contribution in [1.29, 1.82) is 0 Å². The number of pyridine rings is 1. The third kappa shape index (κ3) is 3.30. The van der Waals surface area contributed by atoms with Gasteiger partial charge in [-0.2, -0.15) is 0 Å². The fourth-order valence-corrected chi connectivity index (χ4v) is 2.75. The van der Waals surface area contributed by atoms with Crippen LogP contribution in [0.3, 0.4) is 0 Å². The van der Waals surface area contributed by atoms with Crippen LogP contribution < -0.4 is 5.32 Å². The molecule has 2 rings (SSSR count). The molecule has 5 nitrogen and oxygen atoms in total. The highest BCUT2D eigenvalue weighted by molar-refractivity contribution is 6.31. The van der Waals surface area contributed by atoms with E-state index in [9.17, 15) is 4.79 Å². The zero-order valence-corrected chi connectivity index (χ0v) is 13.9. The van der Waals surface area contributed by atoms with Crippen molar-refractivity contribution < 1.29 is 4.79 Å². The van der Waals surface area contributed by atoms with Gasteiger partial charge in [0.05, 0.1) is 16.3 Å². The molecule has 0 aliphatic carbocycles. The fraction of sp³-hybridized carbons (Fsp3) is 0.600. The summed E-state index contributed by atoms with van der Waals surface area (Å²) in [5, 5.41) is 3.82. The number of carbonyl (C=O) groups is 1. The minimum Gasteiger partial charge on any atom is -0.370 e. The van der Waals surface area contributed by atoms with Crippen molar-refractivity contribution in [3.63, 3.8) is 0 Å². The third-order valence-electron chi connectivity index (χ3n) is 3.98. The van der Waals surface area contributed by atoms with Crippen LogP contribution in [0.25, 0.3) is 0 Å². The summed E-state index contributed by atoms with van der Waals surface area (Å²) in [7, 11) is 1.85. The molecule has 21 heavy (non-hydrogen) atoms. The molecule has 2 heterocycles. The lowest BCUT2D eigenvalue weighted by atomic mass is 9.97.